The highest BCUT2D eigenvalue weighted by Gasteiger charge is 2.18. The van der Waals surface area contributed by atoms with Crippen LogP contribution < -0.4 is 5.32 Å². The van der Waals surface area contributed by atoms with Crippen LogP contribution in [-0.2, 0) is 6.54 Å². The second-order valence-corrected chi connectivity index (χ2v) is 4.39. The molecule has 0 aromatic carbocycles. The van der Waals surface area contributed by atoms with Gasteiger partial charge in [0, 0.05) is 18.0 Å². The minimum atomic E-state index is -0.0750. The fraction of sp³-hybridized carbons (Fsp3) is 0.778. The quantitative estimate of drug-likeness (QED) is 0.784. The van der Waals surface area contributed by atoms with Gasteiger partial charge in [-0.1, -0.05) is 4.49 Å². The number of rotatable bonds is 3. The van der Waals surface area contributed by atoms with E-state index >= 15 is 0 Å². The molecular formula is C9H15N3OS. The van der Waals surface area contributed by atoms with Crippen molar-refractivity contribution in [1.29, 1.82) is 0 Å². The largest absolute Gasteiger partial charge is 0.393 e. The molecule has 0 unspecified atom stereocenters. The van der Waals surface area contributed by atoms with Crippen LogP contribution in [0.25, 0.3) is 0 Å². The van der Waals surface area contributed by atoms with Crippen molar-refractivity contribution in [2.75, 3.05) is 0 Å². The number of aromatic nitrogens is 2. The standard InChI is InChI=1S/C9H15N3OS/c13-9-3-1-7(2-4-9)10-5-8-6-14-12-11-8/h6-7,9-10,13H,1-5H2. The van der Waals surface area contributed by atoms with Crippen LogP contribution in [0.2, 0.25) is 0 Å². The highest BCUT2D eigenvalue weighted by Crippen LogP contribution is 2.18. The SMILES string of the molecule is OC1CCC(NCc2csnn2)CC1. The number of aliphatic hydroxyl groups is 1. The Morgan fingerprint density at radius 3 is 2.86 bits per heavy atom. The van der Waals surface area contributed by atoms with Crippen LogP contribution in [0.4, 0.5) is 0 Å². The van der Waals surface area contributed by atoms with Crippen molar-refractivity contribution in [1.82, 2.24) is 14.9 Å². The van der Waals surface area contributed by atoms with Crippen LogP contribution >= 0.6 is 11.5 Å². The highest BCUT2D eigenvalue weighted by atomic mass is 32.1. The molecule has 1 aliphatic rings. The molecule has 0 bridgehead atoms. The third-order valence-electron chi connectivity index (χ3n) is 2.67. The molecule has 0 amide bonds. The van der Waals surface area contributed by atoms with Gasteiger partial charge in [-0.25, -0.2) is 0 Å². The summed E-state index contributed by atoms with van der Waals surface area (Å²) in [5.41, 5.74) is 1.01. The summed E-state index contributed by atoms with van der Waals surface area (Å²) >= 11 is 1.39. The molecule has 1 aliphatic carbocycles. The number of aliphatic hydroxyl groups excluding tert-OH is 1. The fourth-order valence-electron chi connectivity index (χ4n) is 1.79. The lowest BCUT2D eigenvalue weighted by atomic mass is 9.93. The van der Waals surface area contributed by atoms with Crippen molar-refractivity contribution in [3.05, 3.63) is 11.1 Å². The molecule has 0 saturated heterocycles. The average molecular weight is 213 g/mol. The van der Waals surface area contributed by atoms with Gasteiger partial charge in [0.15, 0.2) is 0 Å². The first-order valence-corrected chi connectivity index (χ1v) is 5.85. The lowest BCUT2D eigenvalue weighted by Crippen LogP contribution is -2.34. The van der Waals surface area contributed by atoms with Crippen molar-refractivity contribution in [3.8, 4) is 0 Å². The average Bonchev–Trinajstić information content (AvgIpc) is 2.70. The first-order valence-electron chi connectivity index (χ1n) is 5.02. The van der Waals surface area contributed by atoms with Gasteiger partial charge < -0.3 is 10.4 Å². The molecule has 78 valence electrons. The molecule has 0 radical (unpaired) electrons. The van der Waals surface area contributed by atoms with Crippen LogP contribution in [0.15, 0.2) is 5.38 Å². The van der Waals surface area contributed by atoms with Crippen LogP contribution in [0, 0.1) is 0 Å². The summed E-state index contributed by atoms with van der Waals surface area (Å²) in [5.74, 6) is 0. The van der Waals surface area contributed by atoms with Gasteiger partial charge in [0.05, 0.1) is 11.8 Å². The van der Waals surface area contributed by atoms with E-state index in [-0.39, 0.29) is 6.10 Å². The van der Waals surface area contributed by atoms with Gasteiger partial charge in [0.25, 0.3) is 0 Å². The summed E-state index contributed by atoms with van der Waals surface area (Å²) in [7, 11) is 0. The van der Waals surface area contributed by atoms with E-state index in [1.807, 2.05) is 5.38 Å². The molecule has 1 fully saturated rings. The summed E-state index contributed by atoms with van der Waals surface area (Å²) in [6.07, 6.45) is 3.91. The topological polar surface area (TPSA) is 58.0 Å². The minimum absolute atomic E-state index is 0.0750. The highest BCUT2D eigenvalue weighted by molar-refractivity contribution is 7.03. The van der Waals surface area contributed by atoms with Crippen LogP contribution in [0.3, 0.4) is 0 Å². The second kappa shape index (κ2) is 4.82. The second-order valence-electron chi connectivity index (χ2n) is 3.78. The zero-order valence-electron chi connectivity index (χ0n) is 8.02. The summed E-state index contributed by atoms with van der Waals surface area (Å²) in [6, 6.07) is 0.542. The normalized spacial score (nSPS) is 27.8. The molecule has 2 N–H and O–H groups in total. The minimum Gasteiger partial charge on any atom is -0.393 e. The number of hydrogen-bond acceptors (Lipinski definition) is 5. The zero-order valence-corrected chi connectivity index (χ0v) is 8.83. The van der Waals surface area contributed by atoms with E-state index < -0.39 is 0 Å². The summed E-state index contributed by atoms with van der Waals surface area (Å²) < 4.78 is 3.81. The zero-order chi connectivity index (χ0) is 9.80. The van der Waals surface area contributed by atoms with Gasteiger partial charge in [-0.15, -0.1) is 5.10 Å². The molecule has 5 heteroatoms. The Kier molecular flexibility index (Phi) is 3.44. The maximum Gasteiger partial charge on any atom is 0.0893 e. The number of nitrogens with one attached hydrogen (secondary N) is 1. The van der Waals surface area contributed by atoms with Crippen molar-refractivity contribution in [3.63, 3.8) is 0 Å². The lowest BCUT2D eigenvalue weighted by Gasteiger charge is -2.25. The van der Waals surface area contributed by atoms with E-state index in [2.05, 4.69) is 14.9 Å². The van der Waals surface area contributed by atoms with Crippen LogP contribution in [0.5, 0.6) is 0 Å². The first-order chi connectivity index (χ1) is 6.84. The van der Waals surface area contributed by atoms with Crippen molar-refractivity contribution >= 4 is 11.5 Å². The monoisotopic (exact) mass is 213 g/mol. The molecule has 1 heterocycles. The van der Waals surface area contributed by atoms with Gasteiger partial charge in [-0.05, 0) is 37.2 Å². The Balaban J connectivity index is 1.71. The maximum atomic E-state index is 9.33. The van der Waals surface area contributed by atoms with Gasteiger partial charge in [-0.3, -0.25) is 0 Å². The predicted octanol–water partition coefficient (Wildman–Crippen LogP) is 0.931. The molecule has 1 aromatic rings. The number of nitrogens with zero attached hydrogens (tertiary/aromatic N) is 2. The predicted molar refractivity (Wildman–Crippen MR) is 55.0 cm³/mol. The first kappa shape index (κ1) is 10.0. The Hall–Kier alpha value is -0.520. The van der Waals surface area contributed by atoms with Gasteiger partial charge in [0.2, 0.25) is 0 Å². The maximum absolute atomic E-state index is 9.33. The summed E-state index contributed by atoms with van der Waals surface area (Å²) in [5, 5.41) is 18.7. The van der Waals surface area contributed by atoms with Gasteiger partial charge in [-0.2, -0.15) is 0 Å². The Labute approximate surface area is 87.5 Å². The third kappa shape index (κ3) is 2.73. The molecule has 0 atom stereocenters. The third-order valence-corrected chi connectivity index (χ3v) is 3.23. The van der Waals surface area contributed by atoms with E-state index in [1.165, 1.54) is 11.5 Å². The molecule has 2 rings (SSSR count). The fourth-order valence-corrected chi connectivity index (χ4v) is 2.24. The molecule has 4 nitrogen and oxygen atoms in total. The molecule has 0 aliphatic heterocycles. The van der Waals surface area contributed by atoms with Crippen molar-refractivity contribution in [2.24, 2.45) is 0 Å². The molecule has 1 saturated carbocycles. The van der Waals surface area contributed by atoms with Gasteiger partial charge >= 0.3 is 0 Å². The smallest absolute Gasteiger partial charge is 0.0893 e. The molecule has 14 heavy (non-hydrogen) atoms. The molecule has 1 aromatic heterocycles. The van der Waals surface area contributed by atoms with Crippen molar-refractivity contribution in [2.45, 2.75) is 44.4 Å². The molecular weight excluding hydrogens is 198 g/mol. The lowest BCUT2D eigenvalue weighted by molar-refractivity contribution is 0.116. The van der Waals surface area contributed by atoms with Gasteiger partial charge in [0.1, 0.15) is 0 Å². The van der Waals surface area contributed by atoms with E-state index in [1.54, 1.807) is 0 Å². The molecule has 0 spiro atoms. The Morgan fingerprint density at radius 1 is 1.43 bits per heavy atom. The van der Waals surface area contributed by atoms with E-state index in [0.717, 1.165) is 37.9 Å². The van der Waals surface area contributed by atoms with E-state index in [0.29, 0.717) is 6.04 Å². The number of hydrogen-bond donors (Lipinski definition) is 2. The summed E-state index contributed by atoms with van der Waals surface area (Å²) in [6.45, 7) is 0.803. The summed E-state index contributed by atoms with van der Waals surface area (Å²) in [4.78, 5) is 0. The van der Waals surface area contributed by atoms with Crippen LogP contribution in [-0.4, -0.2) is 26.8 Å². The van der Waals surface area contributed by atoms with Crippen molar-refractivity contribution < 1.29 is 5.11 Å². The van der Waals surface area contributed by atoms with Crippen LogP contribution in [0.1, 0.15) is 31.4 Å². The van der Waals surface area contributed by atoms with E-state index in [4.69, 9.17) is 0 Å². The Morgan fingerprint density at radius 2 is 2.21 bits per heavy atom. The Bertz CT molecular complexity index is 257. The van der Waals surface area contributed by atoms with E-state index in [9.17, 15) is 5.11 Å².